The normalized spacial score (nSPS) is 14.2. The van der Waals surface area contributed by atoms with E-state index in [1.807, 2.05) is 12.1 Å². The zero-order chi connectivity index (χ0) is 18.5. The summed E-state index contributed by atoms with van der Waals surface area (Å²) in [4.78, 5) is 25.2. The van der Waals surface area contributed by atoms with E-state index in [2.05, 4.69) is 54.4 Å². The zero-order valence-electron chi connectivity index (χ0n) is 14.9. The molecule has 138 valence electrons. The van der Waals surface area contributed by atoms with E-state index < -0.39 is 0 Å². The van der Waals surface area contributed by atoms with Crippen LogP contribution in [0, 0.1) is 0 Å². The third-order valence-electron chi connectivity index (χ3n) is 4.51. The van der Waals surface area contributed by atoms with Crippen LogP contribution in [0.2, 0.25) is 0 Å². The lowest BCUT2D eigenvalue weighted by molar-refractivity contribution is -0.116. The lowest BCUT2D eigenvalue weighted by Crippen LogP contribution is -2.46. The number of carbonyl (C=O) groups is 1. The Morgan fingerprint density at radius 1 is 1.00 bits per heavy atom. The van der Waals surface area contributed by atoms with E-state index in [-0.39, 0.29) is 12.5 Å². The van der Waals surface area contributed by atoms with Crippen molar-refractivity contribution in [2.75, 3.05) is 41.3 Å². The smallest absolute Gasteiger partial charge is 0.247 e. The number of para-hydroxylation sites is 1. The summed E-state index contributed by atoms with van der Waals surface area (Å²) in [5, 5.41) is 6.84. The van der Waals surface area contributed by atoms with Gasteiger partial charge in [-0.15, -0.1) is 0 Å². The number of anilines is 3. The van der Waals surface area contributed by atoms with Crippen molar-refractivity contribution in [3.63, 3.8) is 0 Å². The predicted octanol–water partition coefficient (Wildman–Crippen LogP) is 1.64. The van der Waals surface area contributed by atoms with Crippen LogP contribution in [-0.4, -0.2) is 51.8 Å². The molecule has 3 heterocycles. The molecule has 1 fully saturated rings. The molecule has 0 spiro atoms. The van der Waals surface area contributed by atoms with E-state index in [0.29, 0.717) is 5.82 Å². The topological polar surface area (TPSA) is 79.2 Å². The Balaban J connectivity index is 1.36. The molecule has 0 atom stereocenters. The van der Waals surface area contributed by atoms with Gasteiger partial charge in [-0.2, -0.15) is 5.10 Å². The molecule has 1 aliphatic heterocycles. The molecular formula is C19H21N7O. The average Bonchev–Trinajstić information content (AvgIpc) is 3.22. The summed E-state index contributed by atoms with van der Waals surface area (Å²) in [6.45, 7) is 3.74. The van der Waals surface area contributed by atoms with E-state index in [9.17, 15) is 4.79 Å². The number of aromatic nitrogens is 4. The first-order chi connectivity index (χ1) is 13.3. The van der Waals surface area contributed by atoms with Crippen molar-refractivity contribution in [1.29, 1.82) is 0 Å². The Morgan fingerprint density at radius 2 is 1.78 bits per heavy atom. The number of nitrogens with zero attached hydrogens (tertiary/aromatic N) is 6. The molecule has 8 nitrogen and oxygen atoms in total. The maximum Gasteiger partial charge on any atom is 0.247 e. The van der Waals surface area contributed by atoms with Gasteiger partial charge in [-0.1, -0.05) is 18.2 Å². The molecule has 8 heteroatoms. The Morgan fingerprint density at radius 3 is 2.52 bits per heavy atom. The molecule has 1 N–H and O–H groups in total. The number of nitrogens with one attached hydrogen (secondary N) is 1. The van der Waals surface area contributed by atoms with E-state index in [1.165, 1.54) is 12.0 Å². The first kappa shape index (κ1) is 17.0. The van der Waals surface area contributed by atoms with Gasteiger partial charge in [-0.3, -0.25) is 9.48 Å². The Kier molecular flexibility index (Phi) is 4.95. The van der Waals surface area contributed by atoms with Crippen LogP contribution in [0.25, 0.3) is 0 Å². The fourth-order valence-electron chi connectivity index (χ4n) is 3.14. The number of hydrogen-bond donors (Lipinski definition) is 1. The Hall–Kier alpha value is -3.42. The van der Waals surface area contributed by atoms with Gasteiger partial charge in [0.2, 0.25) is 5.91 Å². The van der Waals surface area contributed by atoms with Gasteiger partial charge in [0.1, 0.15) is 24.5 Å². The third-order valence-corrected chi connectivity index (χ3v) is 4.51. The first-order valence-corrected chi connectivity index (χ1v) is 8.92. The van der Waals surface area contributed by atoms with Crippen LogP contribution >= 0.6 is 0 Å². The van der Waals surface area contributed by atoms with Crippen LogP contribution < -0.4 is 15.1 Å². The lowest BCUT2D eigenvalue weighted by atomic mass is 10.2. The van der Waals surface area contributed by atoms with Gasteiger partial charge in [-0.25, -0.2) is 9.97 Å². The summed E-state index contributed by atoms with van der Waals surface area (Å²) in [5.41, 5.74) is 1.24. The molecule has 0 aliphatic carbocycles. The molecule has 1 saturated heterocycles. The molecule has 0 unspecified atom stereocenters. The average molecular weight is 363 g/mol. The van der Waals surface area contributed by atoms with E-state index in [4.69, 9.17) is 0 Å². The molecule has 2 aromatic heterocycles. The van der Waals surface area contributed by atoms with Crippen LogP contribution in [-0.2, 0) is 11.3 Å². The number of benzene rings is 1. The molecule has 1 aliphatic rings. The quantitative estimate of drug-likeness (QED) is 0.742. The van der Waals surface area contributed by atoms with Gasteiger partial charge < -0.3 is 15.1 Å². The molecule has 1 amide bonds. The van der Waals surface area contributed by atoms with Crippen LogP contribution in [0.4, 0.5) is 17.3 Å². The molecule has 4 rings (SSSR count). The van der Waals surface area contributed by atoms with E-state index >= 15 is 0 Å². The summed E-state index contributed by atoms with van der Waals surface area (Å²) in [5.74, 6) is 1.16. The van der Waals surface area contributed by atoms with Crippen LogP contribution in [0.1, 0.15) is 0 Å². The standard InChI is InChI=1S/C19H21N7O/c27-19(14-26-8-4-7-22-26)23-17-13-18(21-15-20-17)25-11-9-24(10-12-25)16-5-2-1-3-6-16/h1-8,13,15H,9-12,14H2,(H,20,21,23,27). The fraction of sp³-hybridized carbons (Fsp3) is 0.263. The van der Waals surface area contributed by atoms with Crippen molar-refractivity contribution in [3.8, 4) is 0 Å². The van der Waals surface area contributed by atoms with Gasteiger partial charge >= 0.3 is 0 Å². The van der Waals surface area contributed by atoms with Crippen molar-refractivity contribution in [2.24, 2.45) is 0 Å². The molecule has 1 aromatic carbocycles. The van der Waals surface area contributed by atoms with Gasteiger partial charge in [0.25, 0.3) is 0 Å². The predicted molar refractivity (Wildman–Crippen MR) is 104 cm³/mol. The summed E-state index contributed by atoms with van der Waals surface area (Å²) in [6.07, 6.45) is 4.88. The number of hydrogen-bond acceptors (Lipinski definition) is 6. The number of amides is 1. The van der Waals surface area contributed by atoms with E-state index in [1.54, 1.807) is 23.1 Å². The second-order valence-electron chi connectivity index (χ2n) is 6.32. The molecule has 0 bridgehead atoms. The van der Waals surface area contributed by atoms with Crippen molar-refractivity contribution >= 4 is 23.2 Å². The maximum atomic E-state index is 12.1. The monoisotopic (exact) mass is 363 g/mol. The highest BCUT2D eigenvalue weighted by molar-refractivity contribution is 5.89. The Labute approximate surface area is 157 Å². The van der Waals surface area contributed by atoms with Gasteiger partial charge in [0.15, 0.2) is 0 Å². The molecule has 27 heavy (non-hydrogen) atoms. The largest absolute Gasteiger partial charge is 0.368 e. The fourth-order valence-corrected chi connectivity index (χ4v) is 3.14. The number of piperazine rings is 1. The highest BCUT2D eigenvalue weighted by atomic mass is 16.2. The van der Waals surface area contributed by atoms with Crippen molar-refractivity contribution < 1.29 is 4.79 Å². The summed E-state index contributed by atoms with van der Waals surface area (Å²) >= 11 is 0. The minimum atomic E-state index is -0.169. The molecule has 3 aromatic rings. The second kappa shape index (κ2) is 7.86. The Bertz CT molecular complexity index is 874. The molecule has 0 saturated carbocycles. The minimum Gasteiger partial charge on any atom is -0.368 e. The molecule has 0 radical (unpaired) electrons. The summed E-state index contributed by atoms with van der Waals surface area (Å²) in [6, 6.07) is 14.0. The summed E-state index contributed by atoms with van der Waals surface area (Å²) in [7, 11) is 0. The zero-order valence-corrected chi connectivity index (χ0v) is 14.9. The summed E-state index contributed by atoms with van der Waals surface area (Å²) < 4.78 is 1.57. The van der Waals surface area contributed by atoms with Crippen molar-refractivity contribution in [2.45, 2.75) is 6.54 Å². The second-order valence-corrected chi connectivity index (χ2v) is 6.32. The third kappa shape index (κ3) is 4.22. The molecular weight excluding hydrogens is 342 g/mol. The van der Waals surface area contributed by atoms with Crippen molar-refractivity contribution in [3.05, 3.63) is 61.2 Å². The highest BCUT2D eigenvalue weighted by Crippen LogP contribution is 2.20. The van der Waals surface area contributed by atoms with Crippen LogP contribution in [0.3, 0.4) is 0 Å². The van der Waals surface area contributed by atoms with Crippen LogP contribution in [0.5, 0.6) is 0 Å². The van der Waals surface area contributed by atoms with Gasteiger partial charge in [0, 0.05) is 50.3 Å². The maximum absolute atomic E-state index is 12.1. The highest BCUT2D eigenvalue weighted by Gasteiger charge is 2.19. The SMILES string of the molecule is O=C(Cn1cccn1)Nc1cc(N2CCN(c3ccccc3)CC2)ncn1. The van der Waals surface area contributed by atoms with E-state index in [0.717, 1.165) is 32.0 Å². The lowest BCUT2D eigenvalue weighted by Gasteiger charge is -2.36. The number of rotatable bonds is 5. The minimum absolute atomic E-state index is 0.155. The van der Waals surface area contributed by atoms with Crippen LogP contribution in [0.15, 0.2) is 61.2 Å². The first-order valence-electron chi connectivity index (χ1n) is 8.92. The van der Waals surface area contributed by atoms with Gasteiger partial charge in [0.05, 0.1) is 0 Å². The number of carbonyl (C=O) groups excluding carboxylic acids is 1. The van der Waals surface area contributed by atoms with Crippen molar-refractivity contribution in [1.82, 2.24) is 19.7 Å². The van der Waals surface area contributed by atoms with Gasteiger partial charge in [-0.05, 0) is 18.2 Å².